The average Bonchev–Trinajstić information content (AvgIpc) is 2.95. The summed E-state index contributed by atoms with van der Waals surface area (Å²) < 4.78 is 6.33. The van der Waals surface area contributed by atoms with Gasteiger partial charge in [-0.2, -0.15) is 0 Å². The Morgan fingerprint density at radius 1 is 1.17 bits per heavy atom. The van der Waals surface area contributed by atoms with Gasteiger partial charge in [0.15, 0.2) is 0 Å². The standard InChI is InChI=1S/C22H28N4O4/c1-21(2)12-25(13-22(30-21)10-23-11-22)8-14-3-4-16-15(7-14)9-26(20(16)29)17-5-6-18(27)24-19(17)28/h3-4,7,17,23H,5-6,8-13H2,1-2H3,(H,24,27,28). The number of carbonyl (C=O) groups excluding carboxylic acids is 3. The Balaban J connectivity index is 1.31. The molecule has 3 fully saturated rings. The van der Waals surface area contributed by atoms with E-state index in [4.69, 9.17) is 4.74 Å². The first-order valence-corrected chi connectivity index (χ1v) is 10.6. The number of imide groups is 1. The molecule has 0 radical (unpaired) electrons. The van der Waals surface area contributed by atoms with Gasteiger partial charge in [0.1, 0.15) is 11.6 Å². The zero-order valence-corrected chi connectivity index (χ0v) is 17.5. The summed E-state index contributed by atoms with van der Waals surface area (Å²) in [4.78, 5) is 40.6. The number of benzene rings is 1. The predicted octanol–water partition coefficient (Wildman–Crippen LogP) is 0.400. The number of nitrogens with one attached hydrogen (secondary N) is 2. The number of nitrogens with zero attached hydrogens (tertiary/aromatic N) is 2. The van der Waals surface area contributed by atoms with Crippen LogP contribution in [0.1, 0.15) is 48.2 Å². The molecular formula is C22H28N4O4. The summed E-state index contributed by atoms with van der Waals surface area (Å²) in [5.41, 5.74) is 2.47. The number of ether oxygens (including phenoxy) is 1. The van der Waals surface area contributed by atoms with Crippen molar-refractivity contribution in [2.45, 2.75) is 57.0 Å². The maximum atomic E-state index is 12.9. The van der Waals surface area contributed by atoms with Gasteiger partial charge in [0.25, 0.3) is 5.91 Å². The second-order valence-corrected chi connectivity index (χ2v) is 9.68. The lowest BCUT2D eigenvalue weighted by Gasteiger charge is -2.54. The summed E-state index contributed by atoms with van der Waals surface area (Å²) in [7, 11) is 0. The summed E-state index contributed by atoms with van der Waals surface area (Å²) in [5, 5.41) is 5.68. The topological polar surface area (TPSA) is 91.0 Å². The van der Waals surface area contributed by atoms with E-state index in [1.807, 2.05) is 12.1 Å². The van der Waals surface area contributed by atoms with Gasteiger partial charge >= 0.3 is 0 Å². The highest BCUT2D eigenvalue weighted by atomic mass is 16.5. The lowest BCUT2D eigenvalue weighted by Crippen LogP contribution is -2.72. The van der Waals surface area contributed by atoms with Crippen LogP contribution in [0.25, 0.3) is 0 Å². The number of morpholine rings is 1. The second kappa shape index (κ2) is 6.87. The van der Waals surface area contributed by atoms with Crippen LogP contribution in [0.3, 0.4) is 0 Å². The van der Waals surface area contributed by atoms with Crippen LogP contribution in [-0.2, 0) is 27.4 Å². The smallest absolute Gasteiger partial charge is 0.255 e. The zero-order valence-electron chi connectivity index (χ0n) is 17.5. The van der Waals surface area contributed by atoms with Gasteiger partial charge in [-0.05, 0) is 37.5 Å². The molecule has 2 N–H and O–H groups in total. The molecule has 1 unspecified atom stereocenters. The second-order valence-electron chi connectivity index (χ2n) is 9.68. The first-order chi connectivity index (χ1) is 14.2. The summed E-state index contributed by atoms with van der Waals surface area (Å²) in [5.74, 6) is -0.767. The molecule has 0 aromatic heterocycles. The van der Waals surface area contributed by atoms with E-state index in [0.717, 1.165) is 43.9 Å². The van der Waals surface area contributed by atoms with E-state index in [9.17, 15) is 14.4 Å². The number of piperidine rings is 1. The Morgan fingerprint density at radius 3 is 2.67 bits per heavy atom. The van der Waals surface area contributed by atoms with Crippen LogP contribution < -0.4 is 10.6 Å². The highest BCUT2D eigenvalue weighted by Gasteiger charge is 2.48. The molecule has 0 aliphatic carbocycles. The summed E-state index contributed by atoms with van der Waals surface area (Å²) >= 11 is 0. The van der Waals surface area contributed by atoms with Gasteiger partial charge in [-0.15, -0.1) is 0 Å². The number of rotatable bonds is 3. The Morgan fingerprint density at radius 2 is 1.97 bits per heavy atom. The van der Waals surface area contributed by atoms with Crippen molar-refractivity contribution in [2.75, 3.05) is 26.2 Å². The number of hydrogen-bond donors (Lipinski definition) is 2. The summed E-state index contributed by atoms with van der Waals surface area (Å²) in [6.07, 6.45) is 0.654. The third kappa shape index (κ3) is 3.42. The SMILES string of the molecule is CC1(C)CN(Cc2ccc3c(c2)CN(C2CCC(=O)NC2=O)C3=O)CC2(CNC2)O1. The average molecular weight is 412 g/mol. The molecule has 8 heteroatoms. The van der Waals surface area contributed by atoms with E-state index < -0.39 is 6.04 Å². The van der Waals surface area contributed by atoms with Gasteiger partial charge in [-0.3, -0.25) is 24.6 Å². The van der Waals surface area contributed by atoms with E-state index in [1.165, 1.54) is 0 Å². The van der Waals surface area contributed by atoms with Gasteiger partial charge in [0.2, 0.25) is 11.8 Å². The number of fused-ring (bicyclic) bond motifs is 1. The van der Waals surface area contributed by atoms with Crippen LogP contribution in [0.4, 0.5) is 0 Å². The fourth-order valence-corrected chi connectivity index (χ4v) is 5.34. The monoisotopic (exact) mass is 412 g/mol. The minimum atomic E-state index is -0.572. The Bertz CT molecular complexity index is 924. The van der Waals surface area contributed by atoms with Crippen LogP contribution >= 0.6 is 0 Å². The molecule has 3 amide bonds. The van der Waals surface area contributed by atoms with Gasteiger partial charge in [-0.25, -0.2) is 0 Å². The lowest BCUT2D eigenvalue weighted by atomic mass is 9.90. The van der Waals surface area contributed by atoms with Gasteiger partial charge in [0, 0.05) is 51.3 Å². The van der Waals surface area contributed by atoms with E-state index in [1.54, 1.807) is 4.90 Å². The van der Waals surface area contributed by atoms with Crippen LogP contribution in [0.5, 0.6) is 0 Å². The minimum Gasteiger partial charge on any atom is -0.364 e. The number of amides is 3. The van der Waals surface area contributed by atoms with Crippen molar-refractivity contribution >= 4 is 17.7 Å². The van der Waals surface area contributed by atoms with Crippen molar-refractivity contribution in [2.24, 2.45) is 0 Å². The van der Waals surface area contributed by atoms with Crippen LogP contribution in [0.2, 0.25) is 0 Å². The molecule has 4 aliphatic heterocycles. The molecule has 3 saturated heterocycles. The molecule has 4 aliphatic rings. The lowest BCUT2D eigenvalue weighted by molar-refractivity contribution is -0.216. The van der Waals surface area contributed by atoms with Gasteiger partial charge in [0.05, 0.1) is 5.60 Å². The molecule has 1 spiro atoms. The Kier molecular flexibility index (Phi) is 4.50. The first kappa shape index (κ1) is 19.7. The van der Waals surface area contributed by atoms with Gasteiger partial charge < -0.3 is 15.0 Å². The molecule has 8 nitrogen and oxygen atoms in total. The first-order valence-electron chi connectivity index (χ1n) is 10.6. The van der Waals surface area contributed by atoms with Crippen LogP contribution in [0, 0.1) is 0 Å². The summed E-state index contributed by atoms with van der Waals surface area (Å²) in [6.45, 7) is 9.00. The number of carbonyl (C=O) groups is 3. The van der Waals surface area contributed by atoms with E-state index in [2.05, 4.69) is 35.4 Å². The molecule has 0 saturated carbocycles. The fourth-order valence-electron chi connectivity index (χ4n) is 5.34. The maximum Gasteiger partial charge on any atom is 0.255 e. The highest BCUT2D eigenvalue weighted by Crippen LogP contribution is 2.33. The van der Waals surface area contributed by atoms with Crippen molar-refractivity contribution in [1.29, 1.82) is 0 Å². The quantitative estimate of drug-likeness (QED) is 0.699. The zero-order chi connectivity index (χ0) is 21.1. The van der Waals surface area contributed by atoms with E-state index in [-0.39, 0.29) is 35.3 Å². The number of hydrogen-bond acceptors (Lipinski definition) is 6. The molecule has 160 valence electrons. The Hall–Kier alpha value is -2.29. The van der Waals surface area contributed by atoms with Crippen molar-refractivity contribution in [3.8, 4) is 0 Å². The molecular weight excluding hydrogens is 384 g/mol. The van der Waals surface area contributed by atoms with Gasteiger partial charge in [-0.1, -0.05) is 12.1 Å². The molecule has 0 bridgehead atoms. The van der Waals surface area contributed by atoms with Crippen molar-refractivity contribution in [1.82, 2.24) is 20.4 Å². The highest BCUT2D eigenvalue weighted by molar-refractivity contribution is 6.05. The fraction of sp³-hybridized carbons (Fsp3) is 0.591. The minimum absolute atomic E-state index is 0.100. The van der Waals surface area contributed by atoms with Crippen LogP contribution in [-0.4, -0.2) is 70.9 Å². The van der Waals surface area contributed by atoms with Crippen molar-refractivity contribution in [3.63, 3.8) is 0 Å². The molecule has 1 aromatic carbocycles. The normalized spacial score (nSPS) is 27.7. The van der Waals surface area contributed by atoms with Crippen molar-refractivity contribution in [3.05, 3.63) is 34.9 Å². The third-order valence-corrected chi connectivity index (χ3v) is 6.50. The maximum absolute atomic E-state index is 12.9. The van der Waals surface area contributed by atoms with Crippen LogP contribution in [0.15, 0.2) is 18.2 Å². The van der Waals surface area contributed by atoms with Crippen molar-refractivity contribution < 1.29 is 19.1 Å². The largest absolute Gasteiger partial charge is 0.364 e. The molecule has 30 heavy (non-hydrogen) atoms. The predicted molar refractivity (Wildman–Crippen MR) is 109 cm³/mol. The third-order valence-electron chi connectivity index (χ3n) is 6.50. The Labute approximate surface area is 175 Å². The summed E-state index contributed by atoms with van der Waals surface area (Å²) in [6, 6.07) is 5.41. The molecule has 1 aromatic rings. The van der Waals surface area contributed by atoms with E-state index in [0.29, 0.717) is 18.5 Å². The molecule has 4 heterocycles. The molecule has 5 rings (SSSR count). The molecule has 1 atom stereocenters. The van der Waals surface area contributed by atoms with E-state index >= 15 is 0 Å².